The number of carbonyl (C=O) groups is 2. The number of amidine groups is 1. The van der Waals surface area contributed by atoms with Crippen LogP contribution in [0.25, 0.3) is 0 Å². The zero-order valence-corrected chi connectivity index (χ0v) is 24.2. The predicted molar refractivity (Wildman–Crippen MR) is 158 cm³/mol. The molecule has 1 unspecified atom stereocenters. The fourth-order valence-corrected chi connectivity index (χ4v) is 5.58. The van der Waals surface area contributed by atoms with Crippen LogP contribution in [0, 0.1) is 12.3 Å². The maximum atomic E-state index is 13.3. The molecule has 3 aromatic rings. The first kappa shape index (κ1) is 31.8. The van der Waals surface area contributed by atoms with Crippen LogP contribution < -0.4 is 21.1 Å². The molecule has 2 amide bonds. The molecule has 228 valence electrons. The second kappa shape index (κ2) is 14.3. The number of hydrogen-bond donors (Lipinski definition) is 5. The van der Waals surface area contributed by atoms with E-state index in [0.717, 1.165) is 5.56 Å². The average molecular weight is 614 g/mol. The van der Waals surface area contributed by atoms with E-state index in [2.05, 4.69) is 21.9 Å². The highest BCUT2D eigenvalue weighted by atomic mass is 32.1. The second-order valence-corrected chi connectivity index (χ2v) is 10.9. The summed E-state index contributed by atoms with van der Waals surface area (Å²) in [6.45, 7) is 2.24. The molecule has 0 radical (unpaired) electrons. The normalized spacial score (nSPS) is 18.2. The van der Waals surface area contributed by atoms with Crippen molar-refractivity contribution in [2.24, 2.45) is 5.73 Å². The molecule has 0 aliphatic carbocycles. The molecule has 1 aliphatic heterocycles. The number of aryl methyl sites for hydroxylation is 1. The Kier molecular flexibility index (Phi) is 10.6. The Morgan fingerprint density at radius 1 is 1.19 bits per heavy atom. The van der Waals surface area contributed by atoms with Crippen LogP contribution in [-0.2, 0) is 9.53 Å². The summed E-state index contributed by atoms with van der Waals surface area (Å²) in [5.74, 6) is 0.0428. The van der Waals surface area contributed by atoms with Crippen molar-refractivity contribution in [1.82, 2.24) is 15.5 Å². The van der Waals surface area contributed by atoms with E-state index in [1.54, 1.807) is 35.7 Å². The molecular weight excluding hydrogens is 580 g/mol. The van der Waals surface area contributed by atoms with E-state index in [1.807, 2.05) is 31.2 Å². The first-order valence-electron chi connectivity index (χ1n) is 13.4. The number of nitrogens with zero attached hydrogens (tertiary/aromatic N) is 1. The largest absolute Gasteiger partial charge is 0.457 e. The number of rotatable bonds is 13. The number of alkyl halides is 2. The molecule has 4 atom stereocenters. The number of benzene rings is 2. The van der Waals surface area contributed by atoms with Crippen molar-refractivity contribution >= 4 is 29.0 Å². The van der Waals surface area contributed by atoms with Crippen molar-refractivity contribution in [3.8, 4) is 11.5 Å². The molecular formula is C30H33F2N5O5S. The highest BCUT2D eigenvalue weighted by Crippen LogP contribution is 2.27. The Balaban J connectivity index is 1.38. The van der Waals surface area contributed by atoms with Crippen LogP contribution in [0.4, 0.5) is 8.78 Å². The zero-order chi connectivity index (χ0) is 31.1. The highest BCUT2D eigenvalue weighted by Gasteiger charge is 2.42. The molecule has 0 spiro atoms. The van der Waals surface area contributed by atoms with Gasteiger partial charge in [0.2, 0.25) is 5.91 Å². The van der Waals surface area contributed by atoms with E-state index in [9.17, 15) is 23.5 Å². The number of halogens is 2. The van der Waals surface area contributed by atoms with Crippen LogP contribution >= 0.6 is 11.3 Å². The van der Waals surface area contributed by atoms with Gasteiger partial charge in [-0.3, -0.25) is 19.9 Å². The minimum atomic E-state index is -3.06. The standard InChI is InChI=1S/C30H33F2N5O5S/c1-3-23(25-12-19(16-43-25)27(33)34)36-29(40)24-13-22(42-30(31)32)15-37(24)26(38)14-35-28(39)18-6-10-21(11-7-18)41-20-8-4-17(2)5-9-20/h3-12,16,22-24,26,30,38H,1,13-15H2,2H3,(H3,33,34)(H,35,39)(H,36,40)/t22-,23-,24+,26?/m1/s1. The maximum absolute atomic E-state index is 13.3. The molecule has 10 nitrogen and oxygen atoms in total. The van der Waals surface area contributed by atoms with Crippen LogP contribution in [-0.4, -0.2) is 65.7 Å². The van der Waals surface area contributed by atoms with Crippen molar-refractivity contribution in [2.75, 3.05) is 13.1 Å². The van der Waals surface area contributed by atoms with E-state index >= 15 is 0 Å². The molecule has 6 N–H and O–H groups in total. The van der Waals surface area contributed by atoms with Gasteiger partial charge in [0, 0.05) is 27.9 Å². The highest BCUT2D eigenvalue weighted by molar-refractivity contribution is 7.10. The Labute approximate surface area is 251 Å². The molecule has 1 saturated heterocycles. The molecule has 4 rings (SSSR count). The summed E-state index contributed by atoms with van der Waals surface area (Å²) in [7, 11) is 0. The number of amides is 2. The summed E-state index contributed by atoms with van der Waals surface area (Å²) < 4.78 is 36.4. The third-order valence-corrected chi connectivity index (χ3v) is 7.89. The third kappa shape index (κ3) is 8.45. The van der Waals surface area contributed by atoms with Gasteiger partial charge in [-0.2, -0.15) is 8.78 Å². The Bertz CT molecular complexity index is 1430. The van der Waals surface area contributed by atoms with Crippen LogP contribution in [0.15, 0.2) is 72.6 Å². The fraction of sp³-hybridized carbons (Fsp3) is 0.300. The lowest BCUT2D eigenvalue weighted by molar-refractivity contribution is -0.160. The maximum Gasteiger partial charge on any atom is 0.345 e. The lowest BCUT2D eigenvalue weighted by Crippen LogP contribution is -2.51. The Morgan fingerprint density at radius 3 is 2.42 bits per heavy atom. The van der Waals surface area contributed by atoms with Gasteiger partial charge in [0.15, 0.2) is 0 Å². The predicted octanol–water partition coefficient (Wildman–Crippen LogP) is 3.91. The first-order chi connectivity index (χ1) is 20.5. The number of hydrogen-bond acceptors (Lipinski definition) is 8. The number of thiophene rings is 1. The van der Waals surface area contributed by atoms with Crippen molar-refractivity contribution in [3.05, 3.63) is 94.2 Å². The van der Waals surface area contributed by atoms with Crippen LogP contribution in [0.5, 0.6) is 11.5 Å². The SMILES string of the molecule is C=C[C@@H](NC(=O)[C@@H]1C[C@@H](OC(F)F)CN1C(O)CNC(=O)c1ccc(Oc2ccc(C)cc2)cc1)c1cc(C(=N)N)cs1. The van der Waals surface area contributed by atoms with Gasteiger partial charge in [-0.05, 0) is 55.8 Å². The summed E-state index contributed by atoms with van der Waals surface area (Å²) in [5.41, 5.74) is 7.44. The van der Waals surface area contributed by atoms with Gasteiger partial charge in [-0.25, -0.2) is 0 Å². The molecule has 2 aromatic carbocycles. The van der Waals surface area contributed by atoms with Gasteiger partial charge >= 0.3 is 6.61 Å². The Morgan fingerprint density at radius 2 is 1.84 bits per heavy atom. The van der Waals surface area contributed by atoms with Crippen LogP contribution in [0.1, 0.15) is 38.8 Å². The van der Waals surface area contributed by atoms with Crippen molar-refractivity contribution < 1.29 is 33.0 Å². The summed E-state index contributed by atoms with van der Waals surface area (Å²) in [6.07, 6.45) is -0.997. The number of nitrogen functional groups attached to an aromatic ring is 1. The molecule has 1 aliphatic rings. The molecule has 1 aromatic heterocycles. The zero-order valence-electron chi connectivity index (χ0n) is 23.3. The van der Waals surface area contributed by atoms with Crippen LogP contribution in [0.3, 0.4) is 0 Å². The topological polar surface area (TPSA) is 150 Å². The lowest BCUT2D eigenvalue weighted by Gasteiger charge is -2.29. The number of nitrogens with two attached hydrogens (primary N) is 1. The molecule has 43 heavy (non-hydrogen) atoms. The van der Waals surface area contributed by atoms with E-state index < -0.39 is 42.8 Å². The molecule has 0 bridgehead atoms. The molecule has 0 saturated carbocycles. The quantitative estimate of drug-likeness (QED) is 0.111. The summed E-state index contributed by atoms with van der Waals surface area (Å²) in [4.78, 5) is 28.1. The lowest BCUT2D eigenvalue weighted by atomic mass is 10.1. The molecule has 1 fully saturated rings. The fourth-order valence-electron chi connectivity index (χ4n) is 4.63. The first-order valence-corrected chi connectivity index (χ1v) is 14.3. The number of nitrogens with one attached hydrogen (secondary N) is 3. The molecule has 13 heteroatoms. The number of carbonyl (C=O) groups excluding carboxylic acids is 2. The molecule has 2 heterocycles. The second-order valence-electron chi connectivity index (χ2n) is 9.97. The number of likely N-dealkylation sites (tertiary alicyclic amines) is 1. The van der Waals surface area contributed by atoms with Crippen LogP contribution in [0.2, 0.25) is 0 Å². The minimum Gasteiger partial charge on any atom is -0.457 e. The van der Waals surface area contributed by atoms with E-state index in [-0.39, 0.29) is 25.3 Å². The summed E-state index contributed by atoms with van der Waals surface area (Å²) in [6, 6.07) is 13.9. The number of aliphatic hydroxyl groups excluding tert-OH is 1. The minimum absolute atomic E-state index is 0.101. The van der Waals surface area contributed by atoms with Gasteiger partial charge in [-0.1, -0.05) is 23.8 Å². The van der Waals surface area contributed by atoms with Crippen molar-refractivity contribution in [1.29, 1.82) is 5.41 Å². The summed E-state index contributed by atoms with van der Waals surface area (Å²) in [5, 5.41) is 25.6. The number of aliphatic hydroxyl groups is 1. The van der Waals surface area contributed by atoms with Crippen molar-refractivity contribution in [2.45, 2.75) is 44.4 Å². The number of ether oxygens (including phenoxy) is 2. The monoisotopic (exact) mass is 613 g/mol. The van der Waals surface area contributed by atoms with E-state index in [1.165, 1.54) is 22.3 Å². The van der Waals surface area contributed by atoms with E-state index in [4.69, 9.17) is 15.9 Å². The van der Waals surface area contributed by atoms with Gasteiger partial charge in [0.05, 0.1) is 24.7 Å². The van der Waals surface area contributed by atoms with E-state index in [0.29, 0.717) is 27.5 Å². The van der Waals surface area contributed by atoms with Crippen molar-refractivity contribution in [3.63, 3.8) is 0 Å². The van der Waals surface area contributed by atoms with Gasteiger partial charge < -0.3 is 30.9 Å². The van der Waals surface area contributed by atoms with Gasteiger partial charge in [0.25, 0.3) is 5.91 Å². The average Bonchev–Trinajstić information content (AvgIpc) is 3.64. The Hall–Kier alpha value is -4.17. The van der Waals surface area contributed by atoms with Gasteiger partial charge in [0.1, 0.15) is 23.6 Å². The summed E-state index contributed by atoms with van der Waals surface area (Å²) >= 11 is 1.27. The smallest absolute Gasteiger partial charge is 0.345 e. The van der Waals surface area contributed by atoms with Gasteiger partial charge in [-0.15, -0.1) is 17.9 Å². The third-order valence-electron chi connectivity index (χ3n) is 6.87.